The minimum atomic E-state index is -2.79. The van der Waals surface area contributed by atoms with Crippen molar-refractivity contribution in [1.82, 2.24) is 4.98 Å². The number of hydrogen-bond donors (Lipinski definition) is 2. The molecule has 1 aromatic heterocycles. The van der Waals surface area contributed by atoms with Crippen LogP contribution in [0, 0.1) is 17.6 Å². The van der Waals surface area contributed by atoms with E-state index in [1.165, 1.54) is 30.3 Å². The van der Waals surface area contributed by atoms with Gasteiger partial charge in [-0.2, -0.15) is 0 Å². The van der Waals surface area contributed by atoms with Crippen LogP contribution in [0.2, 0.25) is 10.0 Å². The number of rotatable bonds is 6. The van der Waals surface area contributed by atoms with Crippen molar-refractivity contribution >= 4 is 69.7 Å². The van der Waals surface area contributed by atoms with Crippen molar-refractivity contribution in [1.29, 1.82) is 0 Å². The number of carbonyl (C=O) groups is 2. The molecule has 188 valence electrons. The number of halogens is 8. The Balaban J connectivity index is 1.52. The van der Waals surface area contributed by atoms with E-state index in [2.05, 4.69) is 15.6 Å². The van der Waals surface area contributed by atoms with Crippen molar-refractivity contribution < 1.29 is 27.2 Å². The van der Waals surface area contributed by atoms with Crippen molar-refractivity contribution in [2.75, 3.05) is 10.6 Å². The third-order valence-electron chi connectivity index (χ3n) is 5.41. The number of carbonyl (C=O) groups excluding carboxylic acids is 2. The SMILES string of the molecule is O=C(Nc1ncc(F)cc1F)c1cc(NC(=O)C2C(c3cc(Cl)cc(C(F)F)c3)C2(Cl)Cl)ccc1Cl. The highest BCUT2D eigenvalue weighted by atomic mass is 35.5. The van der Waals surface area contributed by atoms with Gasteiger partial charge in [-0.15, -0.1) is 23.2 Å². The number of hydrogen-bond acceptors (Lipinski definition) is 3. The highest BCUT2D eigenvalue weighted by molar-refractivity contribution is 6.53. The number of aromatic nitrogens is 1. The van der Waals surface area contributed by atoms with E-state index in [0.717, 1.165) is 12.3 Å². The Morgan fingerprint density at radius 1 is 1.00 bits per heavy atom. The van der Waals surface area contributed by atoms with Gasteiger partial charge in [0.25, 0.3) is 12.3 Å². The number of anilines is 2. The van der Waals surface area contributed by atoms with Crippen LogP contribution >= 0.6 is 46.4 Å². The lowest BCUT2D eigenvalue weighted by Gasteiger charge is -2.10. The third-order valence-corrected chi connectivity index (χ3v) is 6.90. The van der Waals surface area contributed by atoms with Gasteiger partial charge in [-0.25, -0.2) is 22.5 Å². The number of pyridine rings is 1. The van der Waals surface area contributed by atoms with Gasteiger partial charge in [-0.3, -0.25) is 9.59 Å². The van der Waals surface area contributed by atoms with Gasteiger partial charge >= 0.3 is 0 Å². The van der Waals surface area contributed by atoms with Crippen LogP contribution in [0.25, 0.3) is 0 Å². The normalized spacial score (nSPS) is 18.1. The van der Waals surface area contributed by atoms with Gasteiger partial charge < -0.3 is 10.6 Å². The molecule has 0 aliphatic heterocycles. The zero-order valence-electron chi connectivity index (χ0n) is 17.6. The molecule has 0 radical (unpaired) electrons. The maximum absolute atomic E-state index is 13.8. The van der Waals surface area contributed by atoms with E-state index in [1.807, 2.05) is 0 Å². The molecule has 1 aliphatic rings. The predicted molar refractivity (Wildman–Crippen MR) is 129 cm³/mol. The largest absolute Gasteiger partial charge is 0.326 e. The molecule has 2 amide bonds. The molecular weight excluding hydrogens is 568 g/mol. The molecule has 4 rings (SSSR count). The molecule has 1 aliphatic carbocycles. The van der Waals surface area contributed by atoms with Crippen molar-refractivity contribution in [3.63, 3.8) is 0 Å². The molecule has 1 heterocycles. The summed E-state index contributed by atoms with van der Waals surface area (Å²) in [5, 5.41) is 4.73. The van der Waals surface area contributed by atoms with E-state index in [1.54, 1.807) is 0 Å². The first-order chi connectivity index (χ1) is 16.9. The highest BCUT2D eigenvalue weighted by Crippen LogP contribution is 2.65. The summed E-state index contributed by atoms with van der Waals surface area (Å²) in [6.07, 6.45) is -2.07. The van der Waals surface area contributed by atoms with E-state index >= 15 is 0 Å². The van der Waals surface area contributed by atoms with E-state index in [9.17, 15) is 27.2 Å². The lowest BCUT2D eigenvalue weighted by molar-refractivity contribution is -0.117. The second-order valence-corrected chi connectivity index (χ2v) is 10.2. The first-order valence-corrected chi connectivity index (χ1v) is 11.6. The maximum atomic E-state index is 13.8. The van der Waals surface area contributed by atoms with Crippen LogP contribution < -0.4 is 10.6 Å². The summed E-state index contributed by atoms with van der Waals surface area (Å²) in [7, 11) is 0. The molecule has 2 unspecified atom stereocenters. The van der Waals surface area contributed by atoms with Crippen molar-refractivity contribution in [3.8, 4) is 0 Å². The number of alkyl halides is 4. The molecular formula is C23H13Cl4F4N3O2. The Hall–Kier alpha value is -2.59. The summed E-state index contributed by atoms with van der Waals surface area (Å²) >= 11 is 24.6. The Kier molecular flexibility index (Phi) is 7.39. The van der Waals surface area contributed by atoms with Crippen LogP contribution in [-0.4, -0.2) is 21.1 Å². The number of amides is 2. The zero-order valence-corrected chi connectivity index (χ0v) is 20.7. The Labute approximate surface area is 221 Å². The maximum Gasteiger partial charge on any atom is 0.263 e. The predicted octanol–water partition coefficient (Wildman–Crippen LogP) is 7.38. The van der Waals surface area contributed by atoms with Gasteiger partial charge in [0, 0.05) is 28.3 Å². The van der Waals surface area contributed by atoms with Crippen LogP contribution in [0.5, 0.6) is 0 Å². The van der Waals surface area contributed by atoms with Gasteiger partial charge in [-0.05, 0) is 42.0 Å². The molecule has 0 spiro atoms. The Morgan fingerprint density at radius 2 is 1.72 bits per heavy atom. The van der Waals surface area contributed by atoms with E-state index in [0.29, 0.717) is 6.07 Å². The lowest BCUT2D eigenvalue weighted by Crippen LogP contribution is -2.19. The fourth-order valence-corrected chi connectivity index (χ4v) is 4.97. The smallest absolute Gasteiger partial charge is 0.263 e. The van der Waals surface area contributed by atoms with Crippen LogP contribution in [0.4, 0.5) is 29.1 Å². The van der Waals surface area contributed by atoms with Gasteiger partial charge in [0.1, 0.15) is 10.2 Å². The van der Waals surface area contributed by atoms with Crippen LogP contribution in [0.1, 0.15) is 33.8 Å². The van der Waals surface area contributed by atoms with Crippen molar-refractivity contribution in [3.05, 3.63) is 87.0 Å². The quantitative estimate of drug-likeness (QED) is 0.236. The average molecular weight is 581 g/mol. The van der Waals surface area contributed by atoms with Gasteiger partial charge in [0.05, 0.1) is 22.7 Å². The van der Waals surface area contributed by atoms with Crippen LogP contribution in [0.15, 0.2) is 48.7 Å². The first kappa shape index (κ1) is 26.5. The fraction of sp³-hybridized carbons (Fsp3) is 0.174. The zero-order chi connectivity index (χ0) is 26.4. The number of benzene rings is 2. The monoisotopic (exact) mass is 579 g/mol. The molecule has 0 saturated heterocycles. The molecule has 1 fully saturated rings. The first-order valence-electron chi connectivity index (χ1n) is 10.1. The topological polar surface area (TPSA) is 71.1 Å². The van der Waals surface area contributed by atoms with E-state index < -0.39 is 51.9 Å². The molecule has 5 nitrogen and oxygen atoms in total. The van der Waals surface area contributed by atoms with E-state index in [4.69, 9.17) is 46.4 Å². The van der Waals surface area contributed by atoms with Gasteiger partial charge in [-0.1, -0.05) is 23.2 Å². The molecule has 3 aromatic rings. The molecule has 2 N–H and O–H groups in total. The minimum absolute atomic E-state index is 0.0280. The Bertz CT molecular complexity index is 1370. The number of nitrogens with one attached hydrogen (secondary N) is 2. The van der Waals surface area contributed by atoms with Crippen molar-refractivity contribution in [2.45, 2.75) is 16.7 Å². The lowest BCUT2D eigenvalue weighted by atomic mass is 10.1. The second kappa shape index (κ2) is 10.0. The molecule has 2 atom stereocenters. The molecule has 13 heteroatoms. The van der Waals surface area contributed by atoms with Gasteiger partial charge in [0.2, 0.25) is 5.91 Å². The highest BCUT2D eigenvalue weighted by Gasteiger charge is 2.67. The van der Waals surface area contributed by atoms with E-state index in [-0.39, 0.29) is 32.4 Å². The summed E-state index contributed by atoms with van der Waals surface area (Å²) in [6, 6.07) is 8.15. The molecule has 1 saturated carbocycles. The van der Waals surface area contributed by atoms with Crippen LogP contribution in [-0.2, 0) is 4.79 Å². The van der Waals surface area contributed by atoms with Crippen LogP contribution in [0.3, 0.4) is 0 Å². The Morgan fingerprint density at radius 3 is 2.39 bits per heavy atom. The van der Waals surface area contributed by atoms with Crippen molar-refractivity contribution in [2.24, 2.45) is 5.92 Å². The standard InChI is InChI=1S/C23H13Cl4F4N3O2/c24-11-4-9(3-10(5-11)19(30)31)17-18(23(17,26)27)22(36)33-13-1-2-15(25)14(7-13)21(35)34-20-16(29)6-12(28)8-32-20/h1-8,17-19H,(H,33,36)(H,32,34,35). The second-order valence-electron chi connectivity index (χ2n) is 7.87. The summed E-state index contributed by atoms with van der Waals surface area (Å²) in [4.78, 5) is 29.0. The fourth-order valence-electron chi connectivity index (χ4n) is 3.69. The number of nitrogens with zero attached hydrogens (tertiary/aromatic N) is 1. The summed E-state index contributed by atoms with van der Waals surface area (Å²) in [5.41, 5.74) is -0.0934. The summed E-state index contributed by atoms with van der Waals surface area (Å²) in [5.74, 6) is -5.91. The minimum Gasteiger partial charge on any atom is -0.326 e. The molecule has 0 bridgehead atoms. The molecule has 36 heavy (non-hydrogen) atoms. The summed E-state index contributed by atoms with van der Waals surface area (Å²) < 4.78 is 51.6. The molecule has 2 aromatic carbocycles. The third kappa shape index (κ3) is 5.39. The average Bonchev–Trinajstić information content (AvgIpc) is 3.38. The summed E-state index contributed by atoms with van der Waals surface area (Å²) in [6.45, 7) is 0. The van der Waals surface area contributed by atoms with Gasteiger partial charge in [0.15, 0.2) is 11.6 Å².